The third-order valence-electron chi connectivity index (χ3n) is 3.19. The van der Waals surface area contributed by atoms with Crippen LogP contribution in [0.15, 0.2) is 29.3 Å². The number of carbonyl (C=O) groups excluding carboxylic acids is 1. The molecule has 8 heteroatoms. The van der Waals surface area contributed by atoms with Crippen molar-refractivity contribution in [3.05, 3.63) is 30.1 Å². The van der Waals surface area contributed by atoms with Crippen LogP contribution in [-0.2, 0) is 9.53 Å². The van der Waals surface area contributed by atoms with E-state index in [1.807, 2.05) is 6.92 Å². The van der Waals surface area contributed by atoms with Crippen molar-refractivity contribution in [3.8, 4) is 5.75 Å². The van der Waals surface area contributed by atoms with Crippen LogP contribution in [0.3, 0.4) is 0 Å². The van der Waals surface area contributed by atoms with Gasteiger partial charge in [0.15, 0.2) is 17.5 Å². The van der Waals surface area contributed by atoms with E-state index < -0.39 is 5.82 Å². The Bertz CT molecular complexity index is 567. The molecule has 0 aliphatic heterocycles. The Hall–Kier alpha value is -2.35. The van der Waals surface area contributed by atoms with Crippen molar-refractivity contribution in [2.45, 2.75) is 13.0 Å². The molecule has 0 heterocycles. The number of amides is 1. The lowest BCUT2D eigenvalue weighted by molar-refractivity contribution is -0.127. The molecule has 1 rings (SSSR count). The lowest BCUT2D eigenvalue weighted by atomic mass is 10.3. The SMILES string of the molecule is COCCNC(=NCC(=O)N(C)C)NCC(C)Oc1ccccc1F. The Balaban J connectivity index is 2.56. The molecular weight excluding hydrogens is 327 g/mol. The molecule has 2 N–H and O–H groups in total. The molecule has 25 heavy (non-hydrogen) atoms. The highest BCUT2D eigenvalue weighted by Gasteiger charge is 2.10. The second-order valence-corrected chi connectivity index (χ2v) is 5.61. The Kier molecular flexibility index (Phi) is 9.31. The fourth-order valence-electron chi connectivity index (χ4n) is 1.77. The van der Waals surface area contributed by atoms with Crippen LogP contribution in [0.4, 0.5) is 4.39 Å². The van der Waals surface area contributed by atoms with Crippen molar-refractivity contribution in [3.63, 3.8) is 0 Å². The zero-order valence-corrected chi connectivity index (χ0v) is 15.2. The Morgan fingerprint density at radius 2 is 2.04 bits per heavy atom. The minimum absolute atomic E-state index is 0.0257. The fraction of sp³-hybridized carbons (Fsp3) is 0.529. The van der Waals surface area contributed by atoms with Gasteiger partial charge in [-0.25, -0.2) is 9.38 Å². The van der Waals surface area contributed by atoms with Crippen LogP contribution >= 0.6 is 0 Å². The number of likely N-dealkylation sites (N-methyl/N-ethyl adjacent to an activating group) is 1. The molecule has 1 amide bonds. The molecule has 0 radical (unpaired) electrons. The number of ether oxygens (including phenoxy) is 2. The van der Waals surface area contributed by atoms with Crippen molar-refractivity contribution < 1.29 is 18.7 Å². The molecule has 1 aromatic carbocycles. The Morgan fingerprint density at radius 3 is 2.68 bits per heavy atom. The van der Waals surface area contributed by atoms with E-state index in [1.165, 1.54) is 11.0 Å². The van der Waals surface area contributed by atoms with Gasteiger partial charge in [0.05, 0.1) is 13.2 Å². The first kappa shape index (κ1) is 20.7. The molecule has 1 aromatic rings. The Labute approximate surface area is 148 Å². The number of hydrogen-bond acceptors (Lipinski definition) is 4. The quantitative estimate of drug-likeness (QED) is 0.391. The predicted octanol–water partition coefficient (Wildman–Crippen LogP) is 0.863. The van der Waals surface area contributed by atoms with Crippen LogP contribution in [0.1, 0.15) is 6.92 Å². The normalized spacial score (nSPS) is 12.4. The summed E-state index contributed by atoms with van der Waals surface area (Å²) in [6, 6.07) is 6.25. The van der Waals surface area contributed by atoms with Crippen molar-refractivity contribution in [2.24, 2.45) is 4.99 Å². The van der Waals surface area contributed by atoms with Crippen LogP contribution in [0.5, 0.6) is 5.75 Å². The molecule has 0 spiro atoms. The van der Waals surface area contributed by atoms with E-state index >= 15 is 0 Å². The van der Waals surface area contributed by atoms with Gasteiger partial charge in [0.2, 0.25) is 5.91 Å². The number of carbonyl (C=O) groups is 1. The molecule has 7 nitrogen and oxygen atoms in total. The van der Waals surface area contributed by atoms with Gasteiger partial charge < -0.3 is 25.0 Å². The molecular formula is C17H27FN4O3. The van der Waals surface area contributed by atoms with Gasteiger partial charge >= 0.3 is 0 Å². The summed E-state index contributed by atoms with van der Waals surface area (Å²) in [6.45, 7) is 3.28. The second-order valence-electron chi connectivity index (χ2n) is 5.61. The summed E-state index contributed by atoms with van der Waals surface area (Å²) < 4.78 is 24.2. The van der Waals surface area contributed by atoms with Gasteiger partial charge in [-0.1, -0.05) is 12.1 Å². The van der Waals surface area contributed by atoms with Crippen molar-refractivity contribution in [1.29, 1.82) is 0 Å². The summed E-state index contributed by atoms with van der Waals surface area (Å²) in [5, 5.41) is 6.14. The number of nitrogens with zero attached hydrogens (tertiary/aromatic N) is 2. The highest BCUT2D eigenvalue weighted by molar-refractivity contribution is 5.84. The third kappa shape index (κ3) is 8.35. The van der Waals surface area contributed by atoms with Gasteiger partial charge in [-0.15, -0.1) is 0 Å². The minimum atomic E-state index is -0.405. The molecule has 0 fully saturated rings. The highest BCUT2D eigenvalue weighted by atomic mass is 19.1. The molecule has 0 saturated carbocycles. The molecule has 0 saturated heterocycles. The zero-order chi connectivity index (χ0) is 18.7. The monoisotopic (exact) mass is 354 g/mol. The number of nitrogens with one attached hydrogen (secondary N) is 2. The molecule has 0 aliphatic rings. The van der Waals surface area contributed by atoms with E-state index in [4.69, 9.17) is 9.47 Å². The van der Waals surface area contributed by atoms with Crippen molar-refractivity contribution >= 4 is 11.9 Å². The summed E-state index contributed by atoms with van der Waals surface area (Å²) in [6.07, 6.45) is -0.295. The first-order chi connectivity index (χ1) is 11.9. The number of benzene rings is 1. The van der Waals surface area contributed by atoms with Crippen molar-refractivity contribution in [2.75, 3.05) is 47.4 Å². The lowest BCUT2D eigenvalue weighted by Crippen LogP contribution is -2.43. The molecule has 140 valence electrons. The van der Waals surface area contributed by atoms with Crippen LogP contribution < -0.4 is 15.4 Å². The van der Waals surface area contributed by atoms with Crippen LogP contribution in [0, 0.1) is 5.82 Å². The van der Waals surface area contributed by atoms with Gasteiger partial charge in [0.25, 0.3) is 0 Å². The zero-order valence-electron chi connectivity index (χ0n) is 15.2. The van der Waals surface area contributed by atoms with Gasteiger partial charge in [0, 0.05) is 27.7 Å². The number of rotatable bonds is 9. The van der Waals surface area contributed by atoms with Gasteiger partial charge in [-0.2, -0.15) is 0 Å². The maximum Gasteiger partial charge on any atom is 0.243 e. The fourth-order valence-corrected chi connectivity index (χ4v) is 1.77. The summed E-state index contributed by atoms with van der Waals surface area (Å²) in [5.74, 6) is 0.156. The first-order valence-corrected chi connectivity index (χ1v) is 8.06. The number of aliphatic imine (C=N–C) groups is 1. The van der Waals surface area contributed by atoms with Crippen LogP contribution in [0.25, 0.3) is 0 Å². The number of para-hydroxylation sites is 1. The third-order valence-corrected chi connectivity index (χ3v) is 3.19. The van der Waals surface area contributed by atoms with Gasteiger partial charge in [-0.3, -0.25) is 4.79 Å². The Morgan fingerprint density at radius 1 is 1.32 bits per heavy atom. The van der Waals surface area contributed by atoms with Gasteiger partial charge in [-0.05, 0) is 19.1 Å². The lowest BCUT2D eigenvalue weighted by Gasteiger charge is -2.18. The summed E-state index contributed by atoms with van der Waals surface area (Å²) in [5.41, 5.74) is 0. The van der Waals surface area contributed by atoms with Gasteiger partial charge in [0.1, 0.15) is 12.6 Å². The standard InChI is InChI=1S/C17H27FN4O3/c1-13(25-15-8-6-5-7-14(15)18)11-20-17(19-9-10-24-4)21-12-16(23)22(2)3/h5-8,13H,9-12H2,1-4H3,(H2,19,20,21). The van der Waals surface area contributed by atoms with Crippen LogP contribution in [-0.4, -0.2) is 70.3 Å². The van der Waals surface area contributed by atoms with E-state index in [0.29, 0.717) is 25.7 Å². The summed E-state index contributed by atoms with van der Waals surface area (Å²) >= 11 is 0. The van der Waals surface area contributed by atoms with Crippen LogP contribution in [0.2, 0.25) is 0 Å². The number of guanidine groups is 1. The van der Waals surface area contributed by atoms with Crippen molar-refractivity contribution in [1.82, 2.24) is 15.5 Å². The predicted molar refractivity (Wildman–Crippen MR) is 95.4 cm³/mol. The van der Waals surface area contributed by atoms with E-state index in [0.717, 1.165) is 0 Å². The smallest absolute Gasteiger partial charge is 0.243 e. The number of halogens is 1. The average molecular weight is 354 g/mol. The van der Waals surface area contributed by atoms with E-state index in [1.54, 1.807) is 39.4 Å². The second kappa shape index (κ2) is 11.2. The highest BCUT2D eigenvalue weighted by Crippen LogP contribution is 2.16. The molecule has 0 bridgehead atoms. The van der Waals surface area contributed by atoms with E-state index in [-0.39, 0.29) is 24.3 Å². The molecule has 0 aliphatic carbocycles. The summed E-state index contributed by atoms with van der Waals surface area (Å²) in [7, 11) is 4.95. The maximum absolute atomic E-state index is 13.6. The number of hydrogen-bond donors (Lipinski definition) is 2. The average Bonchev–Trinajstić information content (AvgIpc) is 2.58. The maximum atomic E-state index is 13.6. The number of methoxy groups -OCH3 is 1. The molecule has 1 atom stereocenters. The first-order valence-electron chi connectivity index (χ1n) is 8.06. The molecule has 1 unspecified atom stereocenters. The molecule has 0 aromatic heterocycles. The van der Waals surface area contributed by atoms with E-state index in [9.17, 15) is 9.18 Å². The summed E-state index contributed by atoms with van der Waals surface area (Å²) in [4.78, 5) is 17.4. The largest absolute Gasteiger partial charge is 0.486 e. The van der Waals surface area contributed by atoms with E-state index in [2.05, 4.69) is 15.6 Å². The topological polar surface area (TPSA) is 75.2 Å². The minimum Gasteiger partial charge on any atom is -0.486 e.